The second-order valence-electron chi connectivity index (χ2n) is 3.92. The predicted octanol–water partition coefficient (Wildman–Crippen LogP) is 0.444. The van der Waals surface area contributed by atoms with E-state index in [-0.39, 0.29) is 12.6 Å². The lowest BCUT2D eigenvalue weighted by Crippen LogP contribution is -2.43. The van der Waals surface area contributed by atoms with E-state index >= 15 is 0 Å². The SMILES string of the molecule is CCCN(CC)CCNC(=O)N(C)CC(=O)O. The van der Waals surface area contributed by atoms with E-state index in [0.29, 0.717) is 6.54 Å². The zero-order valence-corrected chi connectivity index (χ0v) is 10.9. The molecule has 100 valence electrons. The summed E-state index contributed by atoms with van der Waals surface area (Å²) in [5.74, 6) is -1.01. The second kappa shape index (κ2) is 8.81. The summed E-state index contributed by atoms with van der Waals surface area (Å²) >= 11 is 0. The number of urea groups is 1. The van der Waals surface area contributed by atoms with E-state index in [0.717, 1.165) is 31.0 Å². The molecule has 2 N–H and O–H groups in total. The smallest absolute Gasteiger partial charge is 0.323 e. The van der Waals surface area contributed by atoms with Gasteiger partial charge >= 0.3 is 12.0 Å². The van der Waals surface area contributed by atoms with Crippen molar-refractivity contribution in [3.8, 4) is 0 Å². The van der Waals surface area contributed by atoms with Crippen molar-refractivity contribution in [1.29, 1.82) is 0 Å². The first-order valence-corrected chi connectivity index (χ1v) is 5.94. The van der Waals surface area contributed by atoms with Crippen LogP contribution in [0.25, 0.3) is 0 Å². The molecule has 0 unspecified atom stereocenters. The minimum Gasteiger partial charge on any atom is -0.480 e. The number of carboxylic acids is 1. The number of nitrogens with zero attached hydrogens (tertiary/aromatic N) is 2. The minimum atomic E-state index is -1.01. The molecule has 0 aromatic heterocycles. The van der Waals surface area contributed by atoms with Gasteiger partial charge in [-0.15, -0.1) is 0 Å². The second-order valence-corrected chi connectivity index (χ2v) is 3.92. The minimum absolute atomic E-state index is 0.279. The molecule has 0 radical (unpaired) electrons. The number of likely N-dealkylation sites (N-methyl/N-ethyl adjacent to an activating group) is 2. The van der Waals surface area contributed by atoms with Crippen LogP contribution in [-0.4, -0.2) is 66.7 Å². The third kappa shape index (κ3) is 7.57. The molecule has 6 heteroatoms. The maximum absolute atomic E-state index is 11.4. The maximum Gasteiger partial charge on any atom is 0.323 e. The van der Waals surface area contributed by atoms with E-state index in [1.54, 1.807) is 0 Å². The van der Waals surface area contributed by atoms with Gasteiger partial charge in [-0.2, -0.15) is 0 Å². The van der Waals surface area contributed by atoms with Crippen molar-refractivity contribution < 1.29 is 14.7 Å². The van der Waals surface area contributed by atoms with Crippen LogP contribution < -0.4 is 5.32 Å². The molecule has 0 spiro atoms. The number of nitrogens with one attached hydrogen (secondary N) is 1. The fourth-order valence-electron chi connectivity index (χ4n) is 1.47. The number of aliphatic carboxylic acids is 1. The first-order chi connectivity index (χ1) is 8.01. The molecule has 0 saturated carbocycles. The van der Waals surface area contributed by atoms with Gasteiger partial charge in [0.2, 0.25) is 0 Å². The Balaban J connectivity index is 3.79. The fraction of sp³-hybridized carbons (Fsp3) is 0.818. The zero-order chi connectivity index (χ0) is 13.3. The molecule has 0 aliphatic carbocycles. The lowest BCUT2D eigenvalue weighted by molar-refractivity contribution is -0.137. The topological polar surface area (TPSA) is 72.9 Å². The van der Waals surface area contributed by atoms with Gasteiger partial charge in [0.1, 0.15) is 6.54 Å². The van der Waals surface area contributed by atoms with Crippen molar-refractivity contribution in [3.63, 3.8) is 0 Å². The van der Waals surface area contributed by atoms with Crippen LogP contribution in [-0.2, 0) is 4.79 Å². The van der Waals surface area contributed by atoms with Crippen molar-refractivity contribution in [2.24, 2.45) is 0 Å². The summed E-state index contributed by atoms with van der Waals surface area (Å²) < 4.78 is 0. The molecule has 0 aromatic rings. The largest absolute Gasteiger partial charge is 0.480 e. The third-order valence-corrected chi connectivity index (χ3v) is 2.41. The van der Waals surface area contributed by atoms with Crippen LogP contribution in [0.2, 0.25) is 0 Å². The van der Waals surface area contributed by atoms with Gasteiger partial charge in [0.25, 0.3) is 0 Å². The maximum atomic E-state index is 11.4. The van der Waals surface area contributed by atoms with Gasteiger partial charge in [0.15, 0.2) is 0 Å². The average molecular weight is 245 g/mol. The molecule has 0 heterocycles. The van der Waals surface area contributed by atoms with Crippen LogP contribution >= 0.6 is 0 Å². The van der Waals surface area contributed by atoms with Gasteiger partial charge < -0.3 is 20.2 Å². The highest BCUT2D eigenvalue weighted by Gasteiger charge is 2.11. The number of amides is 2. The van der Waals surface area contributed by atoms with Crippen LogP contribution in [0.4, 0.5) is 4.79 Å². The lowest BCUT2D eigenvalue weighted by atomic mass is 10.4. The fourth-order valence-corrected chi connectivity index (χ4v) is 1.47. The number of carbonyl (C=O) groups excluding carboxylic acids is 1. The Morgan fingerprint density at radius 3 is 2.35 bits per heavy atom. The Bertz CT molecular complexity index is 246. The Kier molecular flexibility index (Phi) is 8.13. The molecular formula is C11H23N3O3. The predicted molar refractivity (Wildman–Crippen MR) is 66.1 cm³/mol. The number of carbonyl (C=O) groups is 2. The summed E-state index contributed by atoms with van der Waals surface area (Å²) in [5.41, 5.74) is 0. The van der Waals surface area contributed by atoms with Crippen molar-refractivity contribution in [2.45, 2.75) is 20.3 Å². The molecule has 0 aromatic carbocycles. The van der Waals surface area contributed by atoms with Crippen molar-refractivity contribution in [1.82, 2.24) is 15.1 Å². The highest BCUT2D eigenvalue weighted by molar-refractivity contribution is 5.79. The lowest BCUT2D eigenvalue weighted by Gasteiger charge is -2.21. The Morgan fingerprint density at radius 2 is 1.88 bits per heavy atom. The van der Waals surface area contributed by atoms with Crippen LogP contribution in [0.3, 0.4) is 0 Å². The van der Waals surface area contributed by atoms with Crippen molar-refractivity contribution in [2.75, 3.05) is 39.8 Å². The van der Waals surface area contributed by atoms with Crippen LogP contribution in [0.1, 0.15) is 20.3 Å². The molecule has 0 aliphatic heterocycles. The van der Waals surface area contributed by atoms with Gasteiger partial charge in [-0.1, -0.05) is 13.8 Å². The van der Waals surface area contributed by atoms with E-state index in [4.69, 9.17) is 5.11 Å². The summed E-state index contributed by atoms with van der Waals surface area (Å²) in [7, 11) is 1.47. The van der Waals surface area contributed by atoms with Gasteiger partial charge in [0, 0.05) is 20.1 Å². The quantitative estimate of drug-likeness (QED) is 0.651. The first kappa shape index (κ1) is 15.7. The Morgan fingerprint density at radius 1 is 1.24 bits per heavy atom. The molecule has 0 rings (SSSR count). The van der Waals surface area contributed by atoms with E-state index in [9.17, 15) is 9.59 Å². The van der Waals surface area contributed by atoms with E-state index in [2.05, 4.69) is 24.1 Å². The Labute approximate surface area is 103 Å². The molecule has 0 atom stereocenters. The van der Waals surface area contributed by atoms with Crippen LogP contribution in [0.15, 0.2) is 0 Å². The van der Waals surface area contributed by atoms with Gasteiger partial charge in [-0.05, 0) is 19.5 Å². The normalized spacial score (nSPS) is 10.4. The van der Waals surface area contributed by atoms with E-state index < -0.39 is 5.97 Å². The molecule has 0 aliphatic rings. The number of carboxylic acid groups (broad SMARTS) is 1. The molecule has 0 saturated heterocycles. The summed E-state index contributed by atoms with van der Waals surface area (Å²) in [4.78, 5) is 25.2. The van der Waals surface area contributed by atoms with Gasteiger partial charge in [-0.3, -0.25) is 4.79 Å². The molecule has 17 heavy (non-hydrogen) atoms. The Hall–Kier alpha value is -1.30. The molecule has 6 nitrogen and oxygen atoms in total. The summed E-state index contributed by atoms with van der Waals surface area (Å²) in [5, 5.41) is 11.2. The van der Waals surface area contributed by atoms with Crippen molar-refractivity contribution >= 4 is 12.0 Å². The summed E-state index contributed by atoms with van der Waals surface area (Å²) in [6.45, 7) is 7.20. The molecular weight excluding hydrogens is 222 g/mol. The van der Waals surface area contributed by atoms with E-state index in [1.807, 2.05) is 0 Å². The molecule has 0 bridgehead atoms. The van der Waals surface area contributed by atoms with E-state index in [1.165, 1.54) is 7.05 Å². The zero-order valence-electron chi connectivity index (χ0n) is 10.9. The monoisotopic (exact) mass is 245 g/mol. The van der Waals surface area contributed by atoms with Gasteiger partial charge in [-0.25, -0.2) is 4.79 Å². The first-order valence-electron chi connectivity index (χ1n) is 5.94. The van der Waals surface area contributed by atoms with Crippen LogP contribution in [0.5, 0.6) is 0 Å². The van der Waals surface area contributed by atoms with Gasteiger partial charge in [0.05, 0.1) is 0 Å². The highest BCUT2D eigenvalue weighted by atomic mass is 16.4. The summed E-state index contributed by atoms with van der Waals surface area (Å²) in [6, 6.07) is -0.347. The third-order valence-electron chi connectivity index (χ3n) is 2.41. The molecule has 2 amide bonds. The highest BCUT2D eigenvalue weighted by Crippen LogP contribution is 1.90. The summed E-state index contributed by atoms with van der Waals surface area (Å²) in [6.07, 6.45) is 1.08. The number of hydrogen-bond donors (Lipinski definition) is 2. The van der Waals surface area contributed by atoms with Crippen LogP contribution in [0, 0.1) is 0 Å². The average Bonchev–Trinajstić information content (AvgIpc) is 2.26. The number of rotatable bonds is 8. The standard InChI is InChI=1S/C11H23N3O3/c1-4-7-14(5-2)8-6-12-11(17)13(3)9-10(15)16/h4-9H2,1-3H3,(H,12,17)(H,15,16). The molecule has 0 fully saturated rings. The van der Waals surface area contributed by atoms with Crippen molar-refractivity contribution in [3.05, 3.63) is 0 Å². The number of hydrogen-bond acceptors (Lipinski definition) is 3.